The van der Waals surface area contributed by atoms with E-state index >= 15 is 0 Å². The van der Waals surface area contributed by atoms with Crippen molar-refractivity contribution in [3.05, 3.63) is 11.3 Å². The molecule has 68 valence electrons. The van der Waals surface area contributed by atoms with Gasteiger partial charge < -0.3 is 11.1 Å². The average molecular weight is 202 g/mol. The quantitative estimate of drug-likeness (QED) is 0.360. The molecule has 0 aromatic rings. The summed E-state index contributed by atoms with van der Waals surface area (Å²) in [5.41, 5.74) is 7.73. The zero-order valence-electron chi connectivity index (χ0n) is 7.13. The summed E-state index contributed by atoms with van der Waals surface area (Å²) in [4.78, 5) is 0.966. The molecule has 0 amide bonds. The van der Waals surface area contributed by atoms with E-state index in [9.17, 15) is 0 Å². The summed E-state index contributed by atoms with van der Waals surface area (Å²) in [5.74, 6) is 0. The van der Waals surface area contributed by atoms with Gasteiger partial charge in [0.2, 0.25) is 0 Å². The molecule has 3 N–H and O–H groups in total. The molecule has 0 aromatic carbocycles. The van der Waals surface area contributed by atoms with E-state index in [2.05, 4.69) is 17.9 Å². The Balaban J connectivity index is 2.38. The van der Waals surface area contributed by atoms with E-state index in [1.54, 1.807) is 0 Å². The van der Waals surface area contributed by atoms with Gasteiger partial charge in [-0.1, -0.05) is 12.2 Å². The van der Waals surface area contributed by atoms with E-state index in [1.165, 1.54) is 11.3 Å². The number of thiocarbonyl (C=S) groups is 1. The number of rotatable bonds is 4. The number of nitrogens with two attached hydrogens (primary N) is 1. The normalized spacial score (nSPS) is 22.6. The second-order valence-corrected chi connectivity index (χ2v) is 3.83. The van der Waals surface area contributed by atoms with Gasteiger partial charge in [0.1, 0.15) is 0 Å². The molecule has 0 saturated carbocycles. The minimum absolute atomic E-state index is 0.151. The Morgan fingerprint density at radius 1 is 1.67 bits per heavy atom. The molecule has 0 saturated heterocycles. The average Bonchev–Trinajstić information content (AvgIpc) is 2.11. The summed E-state index contributed by atoms with van der Waals surface area (Å²) in [5, 5.41) is 3.44. The number of nitrogens with one attached hydrogen (secondary N) is 1. The van der Waals surface area contributed by atoms with E-state index in [1.807, 2.05) is 6.92 Å². The maximum Gasteiger partial charge on any atom is 0.0771 e. The fourth-order valence-electron chi connectivity index (χ4n) is 1.15. The molecule has 0 spiro atoms. The number of hydrogen-bond donors (Lipinski definition) is 3. The molecule has 0 aromatic heterocycles. The van der Waals surface area contributed by atoms with Crippen LogP contribution in [0.15, 0.2) is 11.3 Å². The van der Waals surface area contributed by atoms with Gasteiger partial charge in [0.15, 0.2) is 0 Å². The molecule has 1 atom stereocenters. The first-order valence-corrected chi connectivity index (χ1v) is 4.98. The summed E-state index contributed by atoms with van der Waals surface area (Å²) >= 11 is 9.43. The summed E-state index contributed by atoms with van der Waals surface area (Å²) in [6, 6.07) is 0. The van der Waals surface area contributed by atoms with Crippen LogP contribution in [0.1, 0.15) is 13.3 Å². The van der Waals surface area contributed by atoms with Crippen molar-refractivity contribution in [3.63, 3.8) is 0 Å². The molecule has 0 radical (unpaired) electrons. The zero-order chi connectivity index (χ0) is 9.14. The van der Waals surface area contributed by atoms with Crippen LogP contribution >= 0.6 is 24.8 Å². The number of thiol groups is 1. The van der Waals surface area contributed by atoms with Crippen molar-refractivity contribution in [1.29, 1.82) is 0 Å². The van der Waals surface area contributed by atoms with Crippen LogP contribution in [0.3, 0.4) is 0 Å². The summed E-state index contributed by atoms with van der Waals surface area (Å²) in [6.45, 7) is 3.67. The van der Waals surface area contributed by atoms with Gasteiger partial charge in [-0.05, 0) is 25.5 Å². The molecular formula is C8H14N2S2. The minimum Gasteiger partial charge on any atom is -0.387 e. The molecule has 1 unspecified atom stereocenters. The van der Waals surface area contributed by atoms with Crippen LogP contribution in [0.5, 0.6) is 0 Å². The van der Waals surface area contributed by atoms with Gasteiger partial charge in [-0.3, -0.25) is 0 Å². The van der Waals surface area contributed by atoms with Crippen molar-refractivity contribution in [2.75, 3.05) is 13.1 Å². The SMILES string of the molecule is CC1=C(NCCCN)C(S)C1=S. The van der Waals surface area contributed by atoms with E-state index in [0.29, 0.717) is 0 Å². The number of hydrogen-bond acceptors (Lipinski definition) is 4. The molecule has 1 rings (SSSR count). The summed E-state index contributed by atoms with van der Waals surface area (Å²) in [6.07, 6.45) is 0.990. The van der Waals surface area contributed by atoms with Gasteiger partial charge in [0, 0.05) is 17.1 Å². The van der Waals surface area contributed by atoms with Crippen molar-refractivity contribution in [2.45, 2.75) is 18.6 Å². The Kier molecular flexibility index (Phi) is 3.55. The summed E-state index contributed by atoms with van der Waals surface area (Å²) < 4.78 is 0. The van der Waals surface area contributed by atoms with Gasteiger partial charge in [-0.2, -0.15) is 12.6 Å². The van der Waals surface area contributed by atoms with Gasteiger partial charge >= 0.3 is 0 Å². The second-order valence-electron chi connectivity index (χ2n) is 2.87. The van der Waals surface area contributed by atoms with Crippen LogP contribution in [-0.4, -0.2) is 23.2 Å². The van der Waals surface area contributed by atoms with Crippen LogP contribution in [0, 0.1) is 0 Å². The lowest BCUT2D eigenvalue weighted by atomic mass is 9.94. The molecular weight excluding hydrogens is 188 g/mol. The van der Waals surface area contributed by atoms with Crippen LogP contribution in [0.2, 0.25) is 0 Å². The fourth-order valence-corrected chi connectivity index (χ4v) is 1.86. The lowest BCUT2D eigenvalue weighted by Gasteiger charge is -2.30. The maximum atomic E-state index is 5.37. The molecule has 0 bridgehead atoms. The van der Waals surface area contributed by atoms with Crippen molar-refractivity contribution >= 4 is 29.7 Å². The van der Waals surface area contributed by atoms with Crippen LogP contribution < -0.4 is 11.1 Å². The first-order chi connectivity index (χ1) is 5.68. The Labute approximate surface area is 84.0 Å². The topological polar surface area (TPSA) is 38.0 Å². The third kappa shape index (κ3) is 1.81. The Morgan fingerprint density at radius 2 is 2.33 bits per heavy atom. The third-order valence-electron chi connectivity index (χ3n) is 1.99. The standard InChI is InChI=1S/C8H14N2S2/c1-5-6(8(12)7(5)11)10-4-2-3-9/h8,10,12H,2-4,9H2,1H3. The summed E-state index contributed by atoms with van der Waals surface area (Å²) in [7, 11) is 0. The van der Waals surface area contributed by atoms with Crippen LogP contribution in [-0.2, 0) is 0 Å². The minimum atomic E-state index is 0.151. The highest BCUT2D eigenvalue weighted by Gasteiger charge is 2.28. The van der Waals surface area contributed by atoms with Gasteiger partial charge in [0.25, 0.3) is 0 Å². The van der Waals surface area contributed by atoms with Crippen LogP contribution in [0.4, 0.5) is 0 Å². The largest absolute Gasteiger partial charge is 0.387 e. The monoisotopic (exact) mass is 202 g/mol. The lowest BCUT2D eigenvalue weighted by Crippen LogP contribution is -2.38. The smallest absolute Gasteiger partial charge is 0.0771 e. The highest BCUT2D eigenvalue weighted by atomic mass is 32.1. The predicted molar refractivity (Wildman–Crippen MR) is 59.7 cm³/mol. The van der Waals surface area contributed by atoms with Crippen molar-refractivity contribution < 1.29 is 0 Å². The lowest BCUT2D eigenvalue weighted by molar-refractivity contribution is 0.716. The van der Waals surface area contributed by atoms with E-state index in [0.717, 1.165) is 24.4 Å². The fraction of sp³-hybridized carbons (Fsp3) is 0.625. The van der Waals surface area contributed by atoms with Crippen LogP contribution in [0.25, 0.3) is 0 Å². The molecule has 0 aliphatic heterocycles. The van der Waals surface area contributed by atoms with E-state index in [-0.39, 0.29) is 5.25 Å². The molecule has 1 aliphatic rings. The van der Waals surface area contributed by atoms with Crippen molar-refractivity contribution in [1.82, 2.24) is 5.32 Å². The molecule has 4 heteroatoms. The third-order valence-corrected chi connectivity index (χ3v) is 3.22. The molecule has 0 heterocycles. The zero-order valence-corrected chi connectivity index (χ0v) is 8.84. The molecule has 0 fully saturated rings. The highest BCUT2D eigenvalue weighted by molar-refractivity contribution is 7.87. The maximum absolute atomic E-state index is 5.37. The number of allylic oxidation sites excluding steroid dienone is 1. The Morgan fingerprint density at radius 3 is 2.83 bits per heavy atom. The van der Waals surface area contributed by atoms with Gasteiger partial charge in [0.05, 0.1) is 5.25 Å². The van der Waals surface area contributed by atoms with Crippen molar-refractivity contribution in [2.24, 2.45) is 5.73 Å². The molecule has 1 aliphatic carbocycles. The molecule has 2 nitrogen and oxygen atoms in total. The van der Waals surface area contributed by atoms with Gasteiger partial charge in [-0.15, -0.1) is 0 Å². The van der Waals surface area contributed by atoms with Crippen molar-refractivity contribution in [3.8, 4) is 0 Å². The second kappa shape index (κ2) is 4.25. The Hall–Kier alpha value is -0.0600. The predicted octanol–water partition coefficient (Wildman–Crippen LogP) is 0.881. The van der Waals surface area contributed by atoms with Gasteiger partial charge in [-0.25, -0.2) is 0 Å². The Bertz CT molecular complexity index is 223. The first-order valence-electron chi connectivity index (χ1n) is 4.05. The first kappa shape index (κ1) is 10.0. The van der Waals surface area contributed by atoms with E-state index in [4.69, 9.17) is 18.0 Å². The molecule has 12 heavy (non-hydrogen) atoms. The van der Waals surface area contributed by atoms with E-state index < -0.39 is 0 Å². The highest BCUT2D eigenvalue weighted by Crippen LogP contribution is 2.27.